The number of hydrogen-bond donors (Lipinski definition) is 0. The summed E-state index contributed by atoms with van der Waals surface area (Å²) in [4.78, 5) is 1.90. The smallest absolute Gasteiger partial charge is 0.251 e. The lowest BCUT2D eigenvalue weighted by atomic mass is 10.1. The molecule has 0 aromatic carbocycles. The van der Waals surface area contributed by atoms with Crippen molar-refractivity contribution in [2.45, 2.75) is 38.2 Å². The number of likely N-dealkylation sites (tertiary alicyclic amines) is 1. The summed E-state index contributed by atoms with van der Waals surface area (Å²) in [5.74, 6) is 0.638. The molecule has 78 valence electrons. The Bertz CT molecular complexity index is 144. The lowest BCUT2D eigenvalue weighted by Crippen LogP contribution is -2.33. The highest BCUT2D eigenvalue weighted by molar-refractivity contribution is 6.17. The van der Waals surface area contributed by atoms with Crippen LogP contribution in [-0.4, -0.2) is 36.3 Å². The van der Waals surface area contributed by atoms with Crippen molar-refractivity contribution < 1.29 is 8.78 Å². The molecule has 1 saturated heterocycles. The van der Waals surface area contributed by atoms with Gasteiger partial charge in [-0.1, -0.05) is 0 Å². The van der Waals surface area contributed by atoms with E-state index in [4.69, 9.17) is 11.6 Å². The van der Waals surface area contributed by atoms with Gasteiger partial charge in [-0.25, -0.2) is 8.78 Å². The van der Waals surface area contributed by atoms with Crippen LogP contribution in [0.15, 0.2) is 0 Å². The van der Waals surface area contributed by atoms with Gasteiger partial charge in [0, 0.05) is 11.9 Å². The molecule has 1 heterocycles. The molecule has 1 unspecified atom stereocenters. The highest BCUT2D eigenvalue weighted by Gasteiger charge is 2.25. The molecule has 0 aromatic heterocycles. The molecule has 0 aliphatic carbocycles. The molecule has 1 fully saturated rings. The van der Waals surface area contributed by atoms with Crippen molar-refractivity contribution in [3.63, 3.8) is 0 Å². The standard InChI is InChI=1S/C9H16ClF2N/c10-5-1-3-8-4-2-6-13(8)7-9(11)12/h8-9H,1-7H2. The summed E-state index contributed by atoms with van der Waals surface area (Å²) in [5.41, 5.74) is 0. The van der Waals surface area contributed by atoms with E-state index in [1.807, 2.05) is 4.90 Å². The quantitative estimate of drug-likeness (QED) is 0.632. The van der Waals surface area contributed by atoms with Gasteiger partial charge in [-0.3, -0.25) is 4.90 Å². The Labute approximate surface area is 83.0 Å². The average molecular weight is 212 g/mol. The highest BCUT2D eigenvalue weighted by atomic mass is 35.5. The van der Waals surface area contributed by atoms with Crippen LogP contribution in [0.5, 0.6) is 0 Å². The molecule has 13 heavy (non-hydrogen) atoms. The zero-order chi connectivity index (χ0) is 9.68. The molecule has 1 atom stereocenters. The first-order valence-electron chi connectivity index (χ1n) is 4.82. The molecule has 1 aliphatic rings. The first kappa shape index (κ1) is 11.2. The van der Waals surface area contributed by atoms with E-state index in [0.717, 1.165) is 32.2 Å². The van der Waals surface area contributed by atoms with E-state index >= 15 is 0 Å². The van der Waals surface area contributed by atoms with Crippen LogP contribution in [0, 0.1) is 0 Å². The SMILES string of the molecule is FC(F)CN1CCCC1CCCCl. The third kappa shape index (κ3) is 3.77. The molecule has 0 saturated carbocycles. The summed E-state index contributed by atoms with van der Waals surface area (Å²) >= 11 is 5.57. The van der Waals surface area contributed by atoms with Gasteiger partial charge in [0.15, 0.2) is 0 Å². The second kappa shape index (κ2) is 5.76. The fourth-order valence-corrected chi connectivity index (χ4v) is 2.11. The van der Waals surface area contributed by atoms with E-state index in [0.29, 0.717) is 11.9 Å². The van der Waals surface area contributed by atoms with Gasteiger partial charge < -0.3 is 0 Å². The van der Waals surface area contributed by atoms with Crippen molar-refractivity contribution in [3.8, 4) is 0 Å². The van der Waals surface area contributed by atoms with Gasteiger partial charge in [0.2, 0.25) is 0 Å². The van der Waals surface area contributed by atoms with E-state index in [1.54, 1.807) is 0 Å². The van der Waals surface area contributed by atoms with Crippen molar-refractivity contribution in [2.24, 2.45) is 0 Å². The Balaban J connectivity index is 2.26. The summed E-state index contributed by atoms with van der Waals surface area (Å²) in [6, 6.07) is 0.354. The van der Waals surface area contributed by atoms with Crippen LogP contribution >= 0.6 is 11.6 Å². The van der Waals surface area contributed by atoms with Crippen LogP contribution < -0.4 is 0 Å². The molecule has 1 rings (SSSR count). The lowest BCUT2D eigenvalue weighted by molar-refractivity contribution is 0.0803. The van der Waals surface area contributed by atoms with Crippen LogP contribution in [0.1, 0.15) is 25.7 Å². The van der Waals surface area contributed by atoms with E-state index in [2.05, 4.69) is 0 Å². The summed E-state index contributed by atoms with van der Waals surface area (Å²) in [7, 11) is 0. The van der Waals surface area contributed by atoms with Gasteiger partial charge in [-0.2, -0.15) is 0 Å². The minimum Gasteiger partial charge on any atom is -0.295 e. The molecule has 0 N–H and O–H groups in total. The molecular weight excluding hydrogens is 196 g/mol. The number of nitrogens with zero attached hydrogens (tertiary/aromatic N) is 1. The van der Waals surface area contributed by atoms with Crippen LogP contribution in [0.3, 0.4) is 0 Å². The number of halogens is 3. The fraction of sp³-hybridized carbons (Fsp3) is 1.00. The van der Waals surface area contributed by atoms with Crippen molar-refractivity contribution in [1.29, 1.82) is 0 Å². The summed E-state index contributed by atoms with van der Waals surface area (Å²) in [6.07, 6.45) is 1.82. The van der Waals surface area contributed by atoms with Gasteiger partial charge in [-0.05, 0) is 32.2 Å². The van der Waals surface area contributed by atoms with Gasteiger partial charge in [0.25, 0.3) is 6.43 Å². The predicted octanol–water partition coefficient (Wildman–Crippen LogP) is 2.73. The van der Waals surface area contributed by atoms with Crippen molar-refractivity contribution in [2.75, 3.05) is 19.0 Å². The minimum absolute atomic E-state index is 0.0625. The van der Waals surface area contributed by atoms with Crippen molar-refractivity contribution in [1.82, 2.24) is 4.90 Å². The van der Waals surface area contributed by atoms with Crippen molar-refractivity contribution >= 4 is 11.6 Å². The Hall–Kier alpha value is 0.110. The summed E-state index contributed by atoms with van der Waals surface area (Å²) in [6.45, 7) is 0.768. The first-order valence-corrected chi connectivity index (χ1v) is 5.35. The Morgan fingerprint density at radius 3 is 2.85 bits per heavy atom. The molecule has 1 nitrogen and oxygen atoms in total. The van der Waals surface area contributed by atoms with Crippen molar-refractivity contribution in [3.05, 3.63) is 0 Å². The zero-order valence-corrected chi connectivity index (χ0v) is 8.44. The molecule has 0 aromatic rings. The number of alkyl halides is 3. The summed E-state index contributed by atoms with van der Waals surface area (Å²) in [5, 5.41) is 0. The fourth-order valence-electron chi connectivity index (χ4n) is 1.95. The molecule has 0 bridgehead atoms. The van der Waals surface area contributed by atoms with Gasteiger partial charge in [-0.15, -0.1) is 11.6 Å². The third-order valence-corrected chi connectivity index (χ3v) is 2.81. The third-order valence-electron chi connectivity index (χ3n) is 2.54. The van der Waals surface area contributed by atoms with Crippen LogP contribution in [-0.2, 0) is 0 Å². The minimum atomic E-state index is -2.20. The molecule has 0 spiro atoms. The maximum Gasteiger partial charge on any atom is 0.251 e. The predicted molar refractivity (Wildman–Crippen MR) is 50.6 cm³/mol. The monoisotopic (exact) mass is 211 g/mol. The normalized spacial score (nSPS) is 24.5. The maximum atomic E-state index is 12.1. The lowest BCUT2D eigenvalue weighted by Gasteiger charge is -2.23. The van der Waals surface area contributed by atoms with Gasteiger partial charge in [0.05, 0.1) is 6.54 Å². The van der Waals surface area contributed by atoms with Crippen LogP contribution in [0.4, 0.5) is 8.78 Å². The van der Waals surface area contributed by atoms with Gasteiger partial charge in [0.1, 0.15) is 0 Å². The first-order chi connectivity index (χ1) is 6.24. The second-order valence-corrected chi connectivity index (χ2v) is 3.89. The van der Waals surface area contributed by atoms with E-state index in [1.165, 1.54) is 0 Å². The van der Waals surface area contributed by atoms with Crippen LogP contribution in [0.2, 0.25) is 0 Å². The number of rotatable bonds is 5. The second-order valence-electron chi connectivity index (χ2n) is 3.51. The molecular formula is C9H16ClF2N. The van der Waals surface area contributed by atoms with E-state index in [9.17, 15) is 8.78 Å². The Morgan fingerprint density at radius 1 is 1.46 bits per heavy atom. The molecule has 0 amide bonds. The van der Waals surface area contributed by atoms with Gasteiger partial charge >= 0.3 is 0 Å². The summed E-state index contributed by atoms with van der Waals surface area (Å²) < 4.78 is 24.2. The Kier molecular flexibility index (Phi) is 4.96. The average Bonchev–Trinajstić information content (AvgIpc) is 2.48. The maximum absolute atomic E-state index is 12.1. The van der Waals surface area contributed by atoms with E-state index in [-0.39, 0.29) is 6.54 Å². The topological polar surface area (TPSA) is 3.24 Å². The molecule has 0 radical (unpaired) electrons. The van der Waals surface area contributed by atoms with E-state index < -0.39 is 6.43 Å². The Morgan fingerprint density at radius 2 is 2.23 bits per heavy atom. The highest BCUT2D eigenvalue weighted by Crippen LogP contribution is 2.22. The number of hydrogen-bond acceptors (Lipinski definition) is 1. The zero-order valence-electron chi connectivity index (χ0n) is 7.69. The van der Waals surface area contributed by atoms with Crippen LogP contribution in [0.25, 0.3) is 0 Å². The molecule has 1 aliphatic heterocycles. The molecule has 4 heteroatoms. The largest absolute Gasteiger partial charge is 0.295 e.